The molecule has 3 aromatic rings. The Morgan fingerprint density at radius 1 is 0.920 bits per heavy atom. The van der Waals surface area contributed by atoms with E-state index in [-0.39, 0.29) is 5.91 Å². The zero-order chi connectivity index (χ0) is 17.6. The molecule has 0 spiro atoms. The van der Waals surface area contributed by atoms with E-state index in [0.717, 1.165) is 0 Å². The van der Waals surface area contributed by atoms with Crippen LogP contribution in [0.3, 0.4) is 0 Å². The standard InChI is InChI=1S/C20H16BrNO3/c1-24-15-11-12-17(21)16(13-15)20(23)22-18-9-5-6-10-19(18)25-14-7-3-2-4-8-14/h2-13H,1H3,(H,22,23). The maximum absolute atomic E-state index is 12.7. The second-order valence-electron chi connectivity index (χ2n) is 5.21. The van der Waals surface area contributed by atoms with Gasteiger partial charge in [-0.3, -0.25) is 4.79 Å². The predicted molar refractivity (Wildman–Crippen MR) is 102 cm³/mol. The van der Waals surface area contributed by atoms with Crippen molar-refractivity contribution in [1.29, 1.82) is 0 Å². The lowest BCUT2D eigenvalue weighted by atomic mass is 10.2. The lowest BCUT2D eigenvalue weighted by Gasteiger charge is -2.13. The Bertz CT molecular complexity index is 881. The smallest absolute Gasteiger partial charge is 0.257 e. The van der Waals surface area contributed by atoms with Gasteiger partial charge < -0.3 is 14.8 Å². The second-order valence-corrected chi connectivity index (χ2v) is 6.07. The Morgan fingerprint density at radius 2 is 1.64 bits per heavy atom. The van der Waals surface area contributed by atoms with Crippen LogP contribution in [0.5, 0.6) is 17.2 Å². The largest absolute Gasteiger partial charge is 0.497 e. The van der Waals surface area contributed by atoms with E-state index in [9.17, 15) is 4.79 Å². The van der Waals surface area contributed by atoms with E-state index in [4.69, 9.17) is 9.47 Å². The van der Waals surface area contributed by atoms with Crippen molar-refractivity contribution in [1.82, 2.24) is 0 Å². The molecule has 0 fully saturated rings. The van der Waals surface area contributed by atoms with Gasteiger partial charge in [-0.25, -0.2) is 0 Å². The number of amides is 1. The van der Waals surface area contributed by atoms with Crippen LogP contribution in [-0.2, 0) is 0 Å². The number of methoxy groups -OCH3 is 1. The molecular formula is C20H16BrNO3. The van der Waals surface area contributed by atoms with Crippen LogP contribution in [-0.4, -0.2) is 13.0 Å². The number of hydrogen-bond acceptors (Lipinski definition) is 3. The number of carbonyl (C=O) groups is 1. The summed E-state index contributed by atoms with van der Waals surface area (Å²) in [5.41, 5.74) is 1.07. The predicted octanol–water partition coefficient (Wildman–Crippen LogP) is 5.50. The van der Waals surface area contributed by atoms with Crippen LogP contribution < -0.4 is 14.8 Å². The molecule has 4 nitrogen and oxygen atoms in total. The third-order valence-electron chi connectivity index (χ3n) is 3.52. The third-order valence-corrected chi connectivity index (χ3v) is 4.22. The van der Waals surface area contributed by atoms with E-state index in [1.165, 1.54) is 0 Å². The number of benzene rings is 3. The zero-order valence-corrected chi connectivity index (χ0v) is 15.1. The van der Waals surface area contributed by atoms with Crippen LogP contribution in [0.15, 0.2) is 77.3 Å². The van der Waals surface area contributed by atoms with E-state index < -0.39 is 0 Å². The van der Waals surface area contributed by atoms with E-state index in [2.05, 4.69) is 21.2 Å². The van der Waals surface area contributed by atoms with E-state index >= 15 is 0 Å². The van der Waals surface area contributed by atoms with Crippen LogP contribution in [0.1, 0.15) is 10.4 Å². The summed E-state index contributed by atoms with van der Waals surface area (Å²) in [4.78, 5) is 12.7. The topological polar surface area (TPSA) is 47.6 Å². The van der Waals surface area contributed by atoms with Gasteiger partial charge in [-0.1, -0.05) is 30.3 Å². The van der Waals surface area contributed by atoms with Gasteiger partial charge in [-0.05, 0) is 58.4 Å². The molecule has 0 unspecified atom stereocenters. The average molecular weight is 398 g/mol. The van der Waals surface area contributed by atoms with Crippen LogP contribution in [0.2, 0.25) is 0 Å². The molecule has 25 heavy (non-hydrogen) atoms. The first-order valence-corrected chi connectivity index (χ1v) is 8.43. The van der Waals surface area contributed by atoms with Crippen LogP contribution in [0.25, 0.3) is 0 Å². The fourth-order valence-electron chi connectivity index (χ4n) is 2.27. The monoisotopic (exact) mass is 397 g/mol. The zero-order valence-electron chi connectivity index (χ0n) is 13.5. The number of nitrogens with one attached hydrogen (secondary N) is 1. The highest BCUT2D eigenvalue weighted by Gasteiger charge is 2.14. The van der Waals surface area contributed by atoms with Gasteiger partial charge in [0.1, 0.15) is 11.5 Å². The van der Waals surface area contributed by atoms with Crippen molar-refractivity contribution in [2.24, 2.45) is 0 Å². The maximum atomic E-state index is 12.7. The van der Waals surface area contributed by atoms with Crippen molar-refractivity contribution in [3.63, 3.8) is 0 Å². The molecule has 0 aliphatic carbocycles. The quantitative estimate of drug-likeness (QED) is 0.617. The van der Waals surface area contributed by atoms with Gasteiger partial charge in [0.25, 0.3) is 5.91 Å². The fourth-order valence-corrected chi connectivity index (χ4v) is 2.70. The summed E-state index contributed by atoms with van der Waals surface area (Å²) in [6.45, 7) is 0. The molecular weight excluding hydrogens is 382 g/mol. The van der Waals surface area contributed by atoms with Crippen LogP contribution in [0.4, 0.5) is 5.69 Å². The molecule has 0 saturated carbocycles. The minimum atomic E-state index is -0.255. The number of carbonyl (C=O) groups excluding carboxylic acids is 1. The highest BCUT2D eigenvalue weighted by Crippen LogP contribution is 2.30. The van der Waals surface area contributed by atoms with Crippen molar-refractivity contribution in [2.75, 3.05) is 12.4 Å². The van der Waals surface area contributed by atoms with Crippen molar-refractivity contribution < 1.29 is 14.3 Å². The summed E-state index contributed by atoms with van der Waals surface area (Å²) in [6, 6.07) is 22.0. The molecule has 0 bridgehead atoms. The van der Waals surface area contributed by atoms with Gasteiger partial charge in [0.15, 0.2) is 5.75 Å². The molecule has 1 amide bonds. The molecule has 0 aliphatic rings. The van der Waals surface area contributed by atoms with E-state index in [1.807, 2.05) is 48.5 Å². The normalized spacial score (nSPS) is 10.2. The SMILES string of the molecule is COc1ccc(Br)c(C(=O)Nc2ccccc2Oc2ccccc2)c1. The number of halogens is 1. The lowest BCUT2D eigenvalue weighted by Crippen LogP contribution is -2.13. The molecule has 0 aliphatic heterocycles. The Morgan fingerprint density at radius 3 is 2.40 bits per heavy atom. The van der Waals surface area contributed by atoms with E-state index in [1.54, 1.807) is 31.4 Å². The Balaban J connectivity index is 1.85. The summed E-state index contributed by atoms with van der Waals surface area (Å²) in [5.74, 6) is 1.63. The Kier molecular flexibility index (Phi) is 5.36. The van der Waals surface area contributed by atoms with Gasteiger partial charge in [0.2, 0.25) is 0 Å². The molecule has 126 valence electrons. The number of ether oxygens (including phenoxy) is 2. The molecule has 3 aromatic carbocycles. The first kappa shape index (κ1) is 17.0. The first-order valence-electron chi connectivity index (χ1n) is 7.64. The lowest BCUT2D eigenvalue weighted by molar-refractivity contribution is 0.102. The van der Waals surface area contributed by atoms with Gasteiger partial charge >= 0.3 is 0 Å². The first-order chi connectivity index (χ1) is 12.2. The molecule has 1 N–H and O–H groups in total. The molecule has 3 rings (SSSR count). The summed E-state index contributed by atoms with van der Waals surface area (Å²) < 4.78 is 11.7. The molecule has 0 heterocycles. The molecule has 5 heteroatoms. The van der Waals surface area contributed by atoms with Gasteiger partial charge in [0, 0.05) is 4.47 Å². The minimum Gasteiger partial charge on any atom is -0.497 e. The molecule has 0 saturated heterocycles. The van der Waals surface area contributed by atoms with Crippen molar-refractivity contribution in [2.45, 2.75) is 0 Å². The van der Waals surface area contributed by atoms with Crippen LogP contribution >= 0.6 is 15.9 Å². The summed E-state index contributed by atoms with van der Waals surface area (Å²) in [5, 5.41) is 2.89. The Hall–Kier alpha value is -2.79. The number of hydrogen-bond donors (Lipinski definition) is 1. The van der Waals surface area contributed by atoms with E-state index in [0.29, 0.717) is 33.0 Å². The van der Waals surface area contributed by atoms with Crippen LogP contribution in [0, 0.1) is 0 Å². The molecule has 0 aromatic heterocycles. The van der Waals surface area contributed by atoms with Gasteiger partial charge in [-0.2, -0.15) is 0 Å². The van der Waals surface area contributed by atoms with Crippen molar-refractivity contribution in [3.8, 4) is 17.2 Å². The Labute approximate surface area is 154 Å². The number of anilines is 1. The number of rotatable bonds is 5. The van der Waals surface area contributed by atoms with Crippen molar-refractivity contribution in [3.05, 3.63) is 82.8 Å². The summed E-state index contributed by atoms with van der Waals surface area (Å²) >= 11 is 3.40. The molecule has 0 atom stereocenters. The minimum absolute atomic E-state index is 0.255. The van der Waals surface area contributed by atoms with Crippen molar-refractivity contribution >= 4 is 27.5 Å². The number of para-hydroxylation sites is 3. The molecule has 0 radical (unpaired) electrons. The third kappa shape index (κ3) is 4.19. The van der Waals surface area contributed by atoms with Gasteiger partial charge in [0.05, 0.1) is 18.4 Å². The second kappa shape index (κ2) is 7.85. The highest BCUT2D eigenvalue weighted by atomic mass is 79.9. The summed E-state index contributed by atoms with van der Waals surface area (Å²) in [6.07, 6.45) is 0. The maximum Gasteiger partial charge on any atom is 0.257 e. The average Bonchev–Trinajstić information content (AvgIpc) is 2.64. The van der Waals surface area contributed by atoms with Gasteiger partial charge in [-0.15, -0.1) is 0 Å². The highest BCUT2D eigenvalue weighted by molar-refractivity contribution is 9.10. The fraction of sp³-hybridized carbons (Fsp3) is 0.0500. The summed E-state index contributed by atoms with van der Waals surface area (Å²) in [7, 11) is 1.56.